The van der Waals surface area contributed by atoms with Crippen LogP contribution in [0.25, 0.3) is 0 Å². The highest BCUT2D eigenvalue weighted by atomic mass is 16.7. The van der Waals surface area contributed by atoms with Crippen molar-refractivity contribution in [3.05, 3.63) is 11.8 Å². The van der Waals surface area contributed by atoms with E-state index in [2.05, 4.69) is 10.6 Å². The molecule has 2 amide bonds. The molecule has 0 aromatic carbocycles. The quantitative estimate of drug-likeness (QED) is 0.686. The summed E-state index contributed by atoms with van der Waals surface area (Å²) >= 11 is 0. The summed E-state index contributed by atoms with van der Waals surface area (Å²) in [6, 6.07) is -0.209. The highest BCUT2D eigenvalue weighted by molar-refractivity contribution is 5.74. The van der Waals surface area contributed by atoms with Crippen molar-refractivity contribution in [2.75, 3.05) is 19.8 Å². The Morgan fingerprint density at radius 1 is 1.28 bits per heavy atom. The van der Waals surface area contributed by atoms with Gasteiger partial charge in [-0.15, -0.1) is 0 Å². The van der Waals surface area contributed by atoms with Gasteiger partial charge in [-0.3, -0.25) is 0 Å². The van der Waals surface area contributed by atoms with Gasteiger partial charge in [-0.05, 0) is 39.5 Å². The molecule has 0 atom stereocenters. The molecule has 0 bridgehead atoms. The maximum absolute atomic E-state index is 11.5. The highest BCUT2D eigenvalue weighted by Gasteiger charge is 2.10. The van der Waals surface area contributed by atoms with E-state index >= 15 is 0 Å². The van der Waals surface area contributed by atoms with Gasteiger partial charge >= 0.3 is 6.03 Å². The normalized spacial score (nSPS) is 14.9. The Bertz CT molecular complexity index is 265. The predicted octanol–water partition coefficient (Wildman–Crippen LogP) is 2.14. The van der Waals surface area contributed by atoms with E-state index < -0.39 is 0 Å². The molecule has 5 heteroatoms. The fraction of sp³-hybridized carbons (Fsp3) is 0.769. The first kappa shape index (κ1) is 15.0. The SMILES string of the molecule is CCOC(CNC(=O)NC=C1CCCC1)OCC. The molecule has 1 aliphatic rings. The van der Waals surface area contributed by atoms with Crippen molar-refractivity contribution in [3.63, 3.8) is 0 Å². The van der Waals surface area contributed by atoms with E-state index in [-0.39, 0.29) is 12.3 Å². The Morgan fingerprint density at radius 2 is 1.89 bits per heavy atom. The second-order valence-electron chi connectivity index (χ2n) is 4.20. The minimum absolute atomic E-state index is 0.209. The minimum atomic E-state index is -0.370. The van der Waals surface area contributed by atoms with E-state index in [1.54, 1.807) is 0 Å². The summed E-state index contributed by atoms with van der Waals surface area (Å²) in [6.07, 6.45) is 6.10. The zero-order chi connectivity index (χ0) is 13.2. The highest BCUT2D eigenvalue weighted by Crippen LogP contribution is 2.22. The molecule has 0 saturated heterocycles. The van der Waals surface area contributed by atoms with Crippen LogP contribution in [0, 0.1) is 0 Å². The van der Waals surface area contributed by atoms with Gasteiger partial charge in [0, 0.05) is 19.4 Å². The number of rotatable bonds is 7. The molecule has 5 nitrogen and oxygen atoms in total. The Labute approximate surface area is 109 Å². The number of carbonyl (C=O) groups is 1. The summed E-state index contributed by atoms with van der Waals surface area (Å²) in [5.41, 5.74) is 1.32. The van der Waals surface area contributed by atoms with Crippen molar-refractivity contribution in [1.29, 1.82) is 0 Å². The van der Waals surface area contributed by atoms with Crippen LogP contribution in [0.15, 0.2) is 11.8 Å². The standard InChI is InChI=1S/C13H24N2O3/c1-3-17-12(18-4-2)10-15-13(16)14-9-11-7-5-6-8-11/h9,12H,3-8,10H2,1-2H3,(H2,14,15,16). The van der Waals surface area contributed by atoms with Gasteiger partial charge < -0.3 is 20.1 Å². The van der Waals surface area contributed by atoms with Crippen molar-refractivity contribution >= 4 is 6.03 Å². The lowest BCUT2D eigenvalue weighted by atomic mass is 10.2. The zero-order valence-electron chi connectivity index (χ0n) is 11.3. The van der Waals surface area contributed by atoms with E-state index in [9.17, 15) is 4.79 Å². The number of allylic oxidation sites excluding steroid dienone is 1. The fourth-order valence-electron chi connectivity index (χ4n) is 1.91. The lowest BCUT2D eigenvalue weighted by Crippen LogP contribution is -2.39. The minimum Gasteiger partial charge on any atom is -0.351 e. The third-order valence-electron chi connectivity index (χ3n) is 2.79. The second kappa shape index (κ2) is 8.94. The van der Waals surface area contributed by atoms with Gasteiger partial charge in [0.1, 0.15) is 0 Å². The number of nitrogens with one attached hydrogen (secondary N) is 2. The number of amides is 2. The van der Waals surface area contributed by atoms with Crippen LogP contribution in [-0.4, -0.2) is 32.1 Å². The molecule has 0 unspecified atom stereocenters. The first-order chi connectivity index (χ1) is 8.76. The molecule has 1 fully saturated rings. The first-order valence-electron chi connectivity index (χ1n) is 6.71. The van der Waals surface area contributed by atoms with Gasteiger partial charge in [0.05, 0.1) is 6.54 Å². The molecule has 0 aliphatic heterocycles. The average molecular weight is 256 g/mol. The fourth-order valence-corrected chi connectivity index (χ4v) is 1.91. The number of hydrogen-bond acceptors (Lipinski definition) is 3. The van der Waals surface area contributed by atoms with Crippen LogP contribution in [0.1, 0.15) is 39.5 Å². The Balaban J connectivity index is 2.19. The number of hydrogen-bond donors (Lipinski definition) is 2. The summed E-state index contributed by atoms with van der Waals surface area (Å²) in [5.74, 6) is 0. The van der Waals surface area contributed by atoms with E-state index in [0.717, 1.165) is 12.8 Å². The molecule has 104 valence electrons. The number of carbonyl (C=O) groups excluding carboxylic acids is 1. The van der Waals surface area contributed by atoms with Gasteiger partial charge in [-0.25, -0.2) is 4.79 Å². The van der Waals surface area contributed by atoms with Crippen LogP contribution in [0.3, 0.4) is 0 Å². The molecular formula is C13H24N2O3. The molecule has 1 saturated carbocycles. The Hall–Kier alpha value is -1.07. The van der Waals surface area contributed by atoms with Crippen LogP contribution < -0.4 is 10.6 Å². The average Bonchev–Trinajstić information content (AvgIpc) is 2.87. The summed E-state index contributed by atoms with van der Waals surface area (Å²) in [6.45, 7) is 5.29. The Morgan fingerprint density at radius 3 is 2.44 bits per heavy atom. The molecule has 2 N–H and O–H groups in total. The molecule has 0 aromatic heterocycles. The summed E-state index contributed by atoms with van der Waals surface area (Å²) in [5, 5.41) is 5.47. The third-order valence-corrected chi connectivity index (χ3v) is 2.79. The molecule has 1 rings (SSSR count). The first-order valence-corrected chi connectivity index (χ1v) is 6.71. The molecule has 0 aromatic rings. The van der Waals surface area contributed by atoms with Crippen LogP contribution in [0.4, 0.5) is 4.79 Å². The van der Waals surface area contributed by atoms with Crippen molar-refractivity contribution in [3.8, 4) is 0 Å². The molecule has 0 radical (unpaired) electrons. The maximum atomic E-state index is 11.5. The van der Waals surface area contributed by atoms with Gasteiger partial charge in [0.15, 0.2) is 6.29 Å². The lowest BCUT2D eigenvalue weighted by molar-refractivity contribution is -0.131. The van der Waals surface area contributed by atoms with Crippen molar-refractivity contribution < 1.29 is 14.3 Å². The number of ether oxygens (including phenoxy) is 2. The van der Waals surface area contributed by atoms with E-state index in [1.807, 2.05) is 20.0 Å². The second-order valence-corrected chi connectivity index (χ2v) is 4.20. The molecule has 0 heterocycles. The predicted molar refractivity (Wildman–Crippen MR) is 70.1 cm³/mol. The monoisotopic (exact) mass is 256 g/mol. The van der Waals surface area contributed by atoms with Gasteiger partial charge in [0.25, 0.3) is 0 Å². The van der Waals surface area contributed by atoms with Crippen LogP contribution in [0.5, 0.6) is 0 Å². The topological polar surface area (TPSA) is 59.6 Å². The van der Waals surface area contributed by atoms with Gasteiger partial charge in [0.2, 0.25) is 0 Å². The van der Waals surface area contributed by atoms with Crippen molar-refractivity contribution in [1.82, 2.24) is 10.6 Å². The lowest BCUT2D eigenvalue weighted by Gasteiger charge is -2.17. The molecule has 1 aliphatic carbocycles. The largest absolute Gasteiger partial charge is 0.351 e. The summed E-state index contributed by atoms with van der Waals surface area (Å²) < 4.78 is 10.7. The van der Waals surface area contributed by atoms with Gasteiger partial charge in [-0.2, -0.15) is 0 Å². The number of urea groups is 1. The third kappa shape index (κ3) is 6.02. The van der Waals surface area contributed by atoms with Crippen molar-refractivity contribution in [2.24, 2.45) is 0 Å². The molecular weight excluding hydrogens is 232 g/mol. The smallest absolute Gasteiger partial charge is 0.318 e. The van der Waals surface area contributed by atoms with E-state index in [1.165, 1.54) is 18.4 Å². The summed E-state index contributed by atoms with van der Waals surface area (Å²) in [4.78, 5) is 11.5. The van der Waals surface area contributed by atoms with Crippen molar-refractivity contribution in [2.45, 2.75) is 45.8 Å². The Kier molecular flexibility index (Phi) is 7.44. The maximum Gasteiger partial charge on any atom is 0.318 e. The molecule has 0 spiro atoms. The van der Waals surface area contributed by atoms with Crippen LogP contribution >= 0.6 is 0 Å². The zero-order valence-corrected chi connectivity index (χ0v) is 11.3. The van der Waals surface area contributed by atoms with Gasteiger partial charge in [-0.1, -0.05) is 5.57 Å². The van der Waals surface area contributed by atoms with Crippen LogP contribution in [-0.2, 0) is 9.47 Å². The summed E-state index contributed by atoms with van der Waals surface area (Å²) in [7, 11) is 0. The van der Waals surface area contributed by atoms with E-state index in [4.69, 9.17) is 9.47 Å². The molecule has 18 heavy (non-hydrogen) atoms. The van der Waals surface area contributed by atoms with Crippen LogP contribution in [0.2, 0.25) is 0 Å². The van der Waals surface area contributed by atoms with E-state index in [0.29, 0.717) is 19.8 Å².